The number of halogens is 1. The molecule has 0 saturated carbocycles. The summed E-state index contributed by atoms with van der Waals surface area (Å²) in [6, 6.07) is 11.8. The molecule has 28 heavy (non-hydrogen) atoms. The maximum atomic E-state index is 12.6. The smallest absolute Gasteiger partial charge is 0.269 e. The number of aromatic nitrogens is 3. The van der Waals surface area contributed by atoms with Crippen molar-refractivity contribution in [2.24, 2.45) is 0 Å². The Morgan fingerprint density at radius 3 is 2.82 bits per heavy atom. The zero-order valence-corrected chi connectivity index (χ0v) is 16.0. The highest BCUT2D eigenvalue weighted by molar-refractivity contribution is 7.99. The molecule has 0 atom stereocenters. The first-order valence-electron chi connectivity index (χ1n) is 8.40. The average Bonchev–Trinajstić information content (AvgIpc) is 3.33. The molecule has 2 heterocycles. The minimum Gasteiger partial charge on any atom is -0.311 e. The molecule has 0 spiro atoms. The predicted octanol–water partition coefficient (Wildman–Crippen LogP) is 3.71. The fourth-order valence-electron chi connectivity index (χ4n) is 3.01. The Bertz CT molecular complexity index is 1050. The van der Waals surface area contributed by atoms with Crippen molar-refractivity contribution in [3.8, 4) is 11.4 Å². The Hall–Kier alpha value is -2.91. The number of carbonyl (C=O) groups is 1. The van der Waals surface area contributed by atoms with Gasteiger partial charge in [0, 0.05) is 35.0 Å². The van der Waals surface area contributed by atoms with Crippen molar-refractivity contribution in [1.29, 1.82) is 0 Å². The van der Waals surface area contributed by atoms with E-state index in [1.165, 1.54) is 23.9 Å². The van der Waals surface area contributed by atoms with E-state index in [2.05, 4.69) is 15.2 Å². The summed E-state index contributed by atoms with van der Waals surface area (Å²) in [7, 11) is 0. The van der Waals surface area contributed by atoms with Crippen LogP contribution in [0, 0.1) is 10.1 Å². The minimum absolute atomic E-state index is 0.0397. The molecule has 0 unspecified atom stereocenters. The monoisotopic (exact) mass is 415 g/mol. The van der Waals surface area contributed by atoms with Crippen LogP contribution in [-0.4, -0.2) is 38.3 Å². The zero-order valence-electron chi connectivity index (χ0n) is 14.5. The van der Waals surface area contributed by atoms with Crippen molar-refractivity contribution < 1.29 is 9.72 Å². The number of hydrogen-bond donors (Lipinski definition) is 1. The van der Waals surface area contributed by atoms with Gasteiger partial charge in [-0.3, -0.25) is 20.0 Å². The summed E-state index contributed by atoms with van der Waals surface area (Å²) in [5.74, 6) is 0.690. The number of nitrogens with one attached hydrogen (secondary N) is 1. The van der Waals surface area contributed by atoms with Crippen LogP contribution >= 0.6 is 23.4 Å². The summed E-state index contributed by atoms with van der Waals surface area (Å²) in [6.45, 7) is 0.514. The van der Waals surface area contributed by atoms with Crippen molar-refractivity contribution in [2.45, 2.75) is 11.6 Å². The predicted molar refractivity (Wildman–Crippen MR) is 107 cm³/mol. The summed E-state index contributed by atoms with van der Waals surface area (Å²) >= 11 is 7.12. The fraction of sp³-hybridized carbons (Fsp3) is 0.167. The van der Waals surface area contributed by atoms with Gasteiger partial charge in [-0.05, 0) is 42.3 Å². The van der Waals surface area contributed by atoms with E-state index < -0.39 is 4.92 Å². The highest BCUT2D eigenvalue weighted by Crippen LogP contribution is 2.32. The molecule has 0 bridgehead atoms. The molecule has 0 fully saturated rings. The van der Waals surface area contributed by atoms with E-state index in [0.717, 1.165) is 16.8 Å². The zero-order chi connectivity index (χ0) is 19.7. The fourth-order valence-corrected chi connectivity index (χ4v) is 3.81. The van der Waals surface area contributed by atoms with Gasteiger partial charge in [0.2, 0.25) is 11.1 Å². The van der Waals surface area contributed by atoms with Gasteiger partial charge < -0.3 is 4.90 Å². The second-order valence-electron chi connectivity index (χ2n) is 6.13. The number of thioether (sulfide) groups is 1. The molecular formula is C18H14ClN5O3S. The van der Waals surface area contributed by atoms with Gasteiger partial charge in [0.15, 0.2) is 5.82 Å². The van der Waals surface area contributed by atoms with E-state index in [4.69, 9.17) is 11.6 Å². The van der Waals surface area contributed by atoms with Gasteiger partial charge in [-0.25, -0.2) is 4.98 Å². The van der Waals surface area contributed by atoms with Gasteiger partial charge in [-0.15, -0.1) is 5.10 Å². The lowest BCUT2D eigenvalue weighted by Gasteiger charge is -2.16. The largest absolute Gasteiger partial charge is 0.311 e. The summed E-state index contributed by atoms with van der Waals surface area (Å²) in [5.41, 5.74) is 2.44. The van der Waals surface area contributed by atoms with Crippen molar-refractivity contribution in [1.82, 2.24) is 15.2 Å². The third-order valence-electron chi connectivity index (χ3n) is 4.38. The Balaban J connectivity index is 1.41. The molecule has 1 aliphatic rings. The standard InChI is InChI=1S/C18H14ClN5O3S/c19-13-3-1-11(2-4-13)17-20-18(22-21-17)28-10-16(25)23-8-7-12-9-14(24(26)27)5-6-15(12)23/h1-6,9H,7-8,10H2,(H,20,21,22). The number of nitrogens with zero attached hydrogens (tertiary/aromatic N) is 4. The summed E-state index contributed by atoms with van der Waals surface area (Å²) in [6.07, 6.45) is 0.606. The van der Waals surface area contributed by atoms with E-state index in [1.807, 2.05) is 12.1 Å². The van der Waals surface area contributed by atoms with Gasteiger partial charge in [-0.1, -0.05) is 23.4 Å². The average molecular weight is 416 g/mol. The molecule has 142 valence electrons. The van der Waals surface area contributed by atoms with Gasteiger partial charge in [0.05, 0.1) is 10.7 Å². The second kappa shape index (κ2) is 7.61. The number of non-ortho nitro benzene ring substituents is 1. The van der Waals surface area contributed by atoms with Gasteiger partial charge in [0.1, 0.15) is 0 Å². The molecule has 1 aliphatic heterocycles. The number of benzene rings is 2. The molecule has 1 N–H and O–H groups in total. The Labute approximate surface area is 169 Å². The van der Waals surface area contributed by atoms with E-state index in [9.17, 15) is 14.9 Å². The Morgan fingerprint density at radius 2 is 2.07 bits per heavy atom. The first-order chi connectivity index (χ1) is 13.5. The number of aromatic amines is 1. The number of anilines is 1. The Kier molecular flexibility index (Phi) is 5.01. The lowest BCUT2D eigenvalue weighted by molar-refractivity contribution is -0.384. The number of H-pyrrole nitrogens is 1. The normalized spacial score (nSPS) is 12.8. The molecule has 10 heteroatoms. The van der Waals surface area contributed by atoms with Crippen LogP contribution < -0.4 is 4.90 Å². The van der Waals surface area contributed by atoms with Gasteiger partial charge >= 0.3 is 0 Å². The molecule has 2 aromatic carbocycles. The van der Waals surface area contributed by atoms with Crippen LogP contribution in [-0.2, 0) is 11.2 Å². The van der Waals surface area contributed by atoms with Crippen molar-refractivity contribution in [3.05, 3.63) is 63.2 Å². The number of nitro groups is 1. The van der Waals surface area contributed by atoms with Crippen LogP contribution in [0.2, 0.25) is 5.02 Å². The SMILES string of the molecule is O=C(CSc1n[nH]c(-c2ccc(Cl)cc2)n1)N1CCc2cc([N+](=O)[O-])ccc21. The quantitative estimate of drug-likeness (QED) is 0.387. The highest BCUT2D eigenvalue weighted by Gasteiger charge is 2.26. The van der Waals surface area contributed by atoms with Crippen LogP contribution in [0.4, 0.5) is 11.4 Å². The third kappa shape index (κ3) is 3.71. The van der Waals surface area contributed by atoms with Gasteiger partial charge in [0.25, 0.3) is 5.69 Å². The summed E-state index contributed by atoms with van der Waals surface area (Å²) < 4.78 is 0. The number of carbonyl (C=O) groups excluding carboxylic acids is 1. The molecule has 1 amide bonds. The molecule has 1 aromatic heterocycles. The number of fused-ring (bicyclic) bond motifs is 1. The Morgan fingerprint density at radius 1 is 1.29 bits per heavy atom. The third-order valence-corrected chi connectivity index (χ3v) is 5.46. The van der Waals surface area contributed by atoms with Crippen LogP contribution in [0.3, 0.4) is 0 Å². The van der Waals surface area contributed by atoms with Crippen LogP contribution in [0.5, 0.6) is 0 Å². The van der Waals surface area contributed by atoms with E-state index in [-0.39, 0.29) is 17.3 Å². The van der Waals surface area contributed by atoms with E-state index >= 15 is 0 Å². The highest BCUT2D eigenvalue weighted by atomic mass is 35.5. The molecule has 0 saturated heterocycles. The topological polar surface area (TPSA) is 105 Å². The maximum Gasteiger partial charge on any atom is 0.269 e. The van der Waals surface area contributed by atoms with Crippen molar-refractivity contribution in [3.63, 3.8) is 0 Å². The molecule has 0 aliphatic carbocycles. The molecule has 3 aromatic rings. The maximum absolute atomic E-state index is 12.6. The van der Waals surface area contributed by atoms with E-state index in [1.54, 1.807) is 23.1 Å². The van der Waals surface area contributed by atoms with E-state index in [0.29, 0.717) is 29.0 Å². The molecular weight excluding hydrogens is 402 g/mol. The van der Waals surface area contributed by atoms with Crippen LogP contribution in [0.1, 0.15) is 5.56 Å². The minimum atomic E-state index is -0.428. The lowest BCUT2D eigenvalue weighted by atomic mass is 10.1. The van der Waals surface area contributed by atoms with Crippen LogP contribution in [0.25, 0.3) is 11.4 Å². The second-order valence-corrected chi connectivity index (χ2v) is 7.51. The molecule has 0 radical (unpaired) electrons. The summed E-state index contributed by atoms with van der Waals surface area (Å²) in [4.78, 5) is 29.1. The van der Waals surface area contributed by atoms with Crippen molar-refractivity contribution >= 4 is 40.6 Å². The summed E-state index contributed by atoms with van der Waals surface area (Å²) in [5, 5.41) is 19.0. The first kappa shape index (κ1) is 18.5. The van der Waals surface area contributed by atoms with Gasteiger partial charge in [-0.2, -0.15) is 0 Å². The number of hydrogen-bond acceptors (Lipinski definition) is 6. The lowest BCUT2D eigenvalue weighted by Crippen LogP contribution is -2.30. The first-order valence-corrected chi connectivity index (χ1v) is 9.76. The van der Waals surface area contributed by atoms with Crippen LogP contribution in [0.15, 0.2) is 47.6 Å². The molecule has 4 rings (SSSR count). The number of nitro benzene ring substituents is 1. The van der Waals surface area contributed by atoms with Crippen molar-refractivity contribution in [2.75, 3.05) is 17.2 Å². The number of amides is 1. The molecule has 8 nitrogen and oxygen atoms in total. The number of rotatable bonds is 5.